The Bertz CT molecular complexity index is 964. The van der Waals surface area contributed by atoms with E-state index in [1.165, 1.54) is 28.5 Å². The van der Waals surface area contributed by atoms with E-state index in [2.05, 4.69) is 47.4 Å². The Labute approximate surface area is 162 Å². The van der Waals surface area contributed by atoms with Crippen molar-refractivity contribution in [1.29, 1.82) is 0 Å². The summed E-state index contributed by atoms with van der Waals surface area (Å²) in [5.74, 6) is -0.236. The van der Waals surface area contributed by atoms with Crippen LogP contribution in [0.1, 0.15) is 31.9 Å². The zero-order valence-electron chi connectivity index (χ0n) is 15.6. The van der Waals surface area contributed by atoms with E-state index < -0.39 is 4.75 Å². The van der Waals surface area contributed by atoms with Crippen LogP contribution in [-0.4, -0.2) is 27.3 Å². The van der Waals surface area contributed by atoms with Crippen LogP contribution in [0, 0.1) is 13.8 Å². The molecule has 0 saturated heterocycles. The molecule has 0 aliphatic heterocycles. The number of carbonyl (C=O) groups is 1. The lowest BCUT2D eigenvalue weighted by molar-refractivity contribution is -0.145. The lowest BCUT2D eigenvalue weighted by Crippen LogP contribution is -2.30. The topological polar surface area (TPSA) is 52.1 Å². The number of nitrogens with zero attached hydrogens (tertiary/aromatic N) is 2. The molecule has 26 heavy (non-hydrogen) atoms. The third kappa shape index (κ3) is 3.62. The minimum Gasteiger partial charge on any atom is -0.465 e. The normalized spacial score (nSPS) is 11.7. The maximum Gasteiger partial charge on any atom is 0.322 e. The van der Waals surface area contributed by atoms with Crippen LogP contribution < -0.4 is 0 Å². The van der Waals surface area contributed by atoms with Crippen molar-refractivity contribution >= 4 is 39.3 Å². The van der Waals surface area contributed by atoms with Crippen LogP contribution in [0.4, 0.5) is 0 Å². The number of aryl methyl sites for hydroxylation is 2. The largest absolute Gasteiger partial charge is 0.465 e. The van der Waals surface area contributed by atoms with Gasteiger partial charge >= 0.3 is 5.97 Å². The number of esters is 1. The molecule has 3 aromatic rings. The monoisotopic (exact) mass is 386 g/mol. The van der Waals surface area contributed by atoms with Crippen LogP contribution in [0.25, 0.3) is 21.3 Å². The molecule has 0 amide bonds. The number of carbonyl (C=O) groups excluding carboxylic acids is 1. The van der Waals surface area contributed by atoms with Crippen LogP contribution >= 0.6 is 23.1 Å². The summed E-state index contributed by atoms with van der Waals surface area (Å²) in [4.78, 5) is 22.1. The Morgan fingerprint density at radius 2 is 2.00 bits per heavy atom. The average Bonchev–Trinajstić information content (AvgIpc) is 3.00. The molecule has 0 atom stereocenters. The molecule has 136 valence electrons. The van der Waals surface area contributed by atoms with E-state index in [1.54, 1.807) is 17.7 Å². The fourth-order valence-corrected chi connectivity index (χ4v) is 4.83. The van der Waals surface area contributed by atoms with Crippen molar-refractivity contribution in [2.45, 2.75) is 44.4 Å². The summed E-state index contributed by atoms with van der Waals surface area (Å²) >= 11 is 3.03. The molecular formula is C20H22N2O2S2. The first-order valence-electron chi connectivity index (χ1n) is 8.49. The minimum absolute atomic E-state index is 0.236. The van der Waals surface area contributed by atoms with Gasteiger partial charge in [-0.3, -0.25) is 4.79 Å². The van der Waals surface area contributed by atoms with Crippen molar-refractivity contribution in [2.24, 2.45) is 0 Å². The summed E-state index contributed by atoms with van der Waals surface area (Å²) < 4.78 is 4.50. The lowest BCUT2D eigenvalue weighted by atomic mass is 9.99. The lowest BCUT2D eigenvalue weighted by Gasteiger charge is -2.21. The van der Waals surface area contributed by atoms with Gasteiger partial charge in [0.25, 0.3) is 0 Å². The third-order valence-electron chi connectivity index (χ3n) is 4.13. The minimum atomic E-state index is -0.723. The van der Waals surface area contributed by atoms with Gasteiger partial charge in [0.1, 0.15) is 20.9 Å². The summed E-state index contributed by atoms with van der Waals surface area (Å²) in [5, 5.41) is 3.94. The molecule has 0 saturated carbocycles. The molecular weight excluding hydrogens is 364 g/mol. The predicted molar refractivity (Wildman–Crippen MR) is 109 cm³/mol. The van der Waals surface area contributed by atoms with Gasteiger partial charge < -0.3 is 4.74 Å². The Morgan fingerprint density at radius 1 is 1.23 bits per heavy atom. The summed E-state index contributed by atoms with van der Waals surface area (Å²) in [7, 11) is 0. The molecule has 3 rings (SSSR count). The number of aromatic nitrogens is 2. The maximum absolute atomic E-state index is 12.3. The molecule has 0 aliphatic carbocycles. The average molecular weight is 387 g/mol. The second kappa shape index (κ2) is 7.37. The van der Waals surface area contributed by atoms with Gasteiger partial charge in [-0.05, 0) is 45.7 Å². The predicted octanol–water partition coefficient (Wildman–Crippen LogP) is 5.41. The number of hydrogen-bond donors (Lipinski definition) is 0. The molecule has 0 bridgehead atoms. The Morgan fingerprint density at radius 3 is 2.69 bits per heavy atom. The molecule has 4 nitrogen and oxygen atoms in total. The van der Waals surface area contributed by atoms with Crippen molar-refractivity contribution in [3.8, 4) is 11.1 Å². The van der Waals surface area contributed by atoms with Gasteiger partial charge in [0.2, 0.25) is 0 Å². The van der Waals surface area contributed by atoms with E-state index in [-0.39, 0.29) is 5.97 Å². The Kier molecular flexibility index (Phi) is 5.34. The standard InChI is InChI=1S/C20H22N2O2S2/c1-6-24-19(23)20(4,5)26-18-16-15(10-25-17(16)21-11-22-18)14-8-7-12(2)9-13(14)3/h7-11H,6H2,1-5H3. The SMILES string of the molecule is CCOC(=O)C(C)(C)Sc1ncnc2scc(-c3ccc(C)cc3C)c12. The van der Waals surface area contributed by atoms with Crippen LogP contribution in [0.2, 0.25) is 0 Å². The molecule has 6 heteroatoms. The van der Waals surface area contributed by atoms with Crippen LogP contribution in [0.5, 0.6) is 0 Å². The zero-order chi connectivity index (χ0) is 18.9. The first-order valence-corrected chi connectivity index (χ1v) is 10.2. The smallest absolute Gasteiger partial charge is 0.322 e. The van der Waals surface area contributed by atoms with Crippen molar-refractivity contribution in [3.05, 3.63) is 41.0 Å². The van der Waals surface area contributed by atoms with Crippen LogP contribution in [0.3, 0.4) is 0 Å². The number of rotatable bonds is 5. The molecule has 2 aromatic heterocycles. The van der Waals surface area contributed by atoms with Crippen LogP contribution in [-0.2, 0) is 9.53 Å². The molecule has 0 spiro atoms. The fourth-order valence-electron chi connectivity index (χ4n) is 2.83. The highest BCUT2D eigenvalue weighted by Gasteiger charge is 2.32. The van der Waals surface area contributed by atoms with Gasteiger partial charge in [0.15, 0.2) is 0 Å². The van der Waals surface area contributed by atoms with E-state index >= 15 is 0 Å². The molecule has 2 heterocycles. The summed E-state index contributed by atoms with van der Waals surface area (Å²) in [6, 6.07) is 6.44. The van der Waals surface area contributed by atoms with Crippen molar-refractivity contribution in [1.82, 2.24) is 9.97 Å². The molecule has 1 aromatic carbocycles. The maximum atomic E-state index is 12.3. The van der Waals surface area contributed by atoms with Gasteiger partial charge in [-0.25, -0.2) is 9.97 Å². The number of benzene rings is 1. The van der Waals surface area contributed by atoms with Gasteiger partial charge in [-0.2, -0.15) is 0 Å². The van der Waals surface area contributed by atoms with Crippen LogP contribution in [0.15, 0.2) is 34.9 Å². The highest BCUT2D eigenvalue weighted by Crippen LogP contribution is 2.42. The number of fused-ring (bicyclic) bond motifs is 1. The highest BCUT2D eigenvalue weighted by molar-refractivity contribution is 8.01. The van der Waals surface area contributed by atoms with Gasteiger partial charge in [0.05, 0.1) is 12.0 Å². The molecule has 0 fully saturated rings. The molecule has 0 unspecified atom stereocenters. The number of thioether (sulfide) groups is 1. The zero-order valence-corrected chi connectivity index (χ0v) is 17.3. The second-order valence-electron chi connectivity index (χ2n) is 6.66. The van der Waals surface area contributed by atoms with E-state index in [1.807, 2.05) is 20.8 Å². The quantitative estimate of drug-likeness (QED) is 0.333. The first kappa shape index (κ1) is 18.9. The Balaban J connectivity index is 2.10. The first-order chi connectivity index (χ1) is 12.3. The number of hydrogen-bond acceptors (Lipinski definition) is 6. The number of ether oxygens (including phenoxy) is 1. The van der Waals surface area contributed by atoms with E-state index in [0.717, 1.165) is 20.8 Å². The van der Waals surface area contributed by atoms with E-state index in [4.69, 9.17) is 4.74 Å². The van der Waals surface area contributed by atoms with Crippen molar-refractivity contribution < 1.29 is 9.53 Å². The molecule has 0 radical (unpaired) electrons. The summed E-state index contributed by atoms with van der Waals surface area (Å²) in [5.41, 5.74) is 4.74. The third-order valence-corrected chi connectivity index (χ3v) is 6.19. The van der Waals surface area contributed by atoms with Gasteiger partial charge in [-0.15, -0.1) is 11.3 Å². The second-order valence-corrected chi connectivity index (χ2v) is 9.13. The van der Waals surface area contributed by atoms with E-state index in [0.29, 0.717) is 6.61 Å². The molecule has 0 aliphatic rings. The number of thiophene rings is 1. The summed E-state index contributed by atoms with van der Waals surface area (Å²) in [6.45, 7) is 10.1. The Hall–Kier alpha value is -1.92. The summed E-state index contributed by atoms with van der Waals surface area (Å²) in [6.07, 6.45) is 1.56. The van der Waals surface area contributed by atoms with Crippen molar-refractivity contribution in [2.75, 3.05) is 6.61 Å². The molecule has 0 N–H and O–H groups in total. The van der Waals surface area contributed by atoms with E-state index in [9.17, 15) is 4.79 Å². The van der Waals surface area contributed by atoms with Gasteiger partial charge in [-0.1, -0.05) is 35.5 Å². The van der Waals surface area contributed by atoms with Gasteiger partial charge in [0, 0.05) is 10.9 Å². The highest BCUT2D eigenvalue weighted by atomic mass is 32.2. The van der Waals surface area contributed by atoms with Crippen molar-refractivity contribution in [3.63, 3.8) is 0 Å². The fraction of sp³-hybridized carbons (Fsp3) is 0.350.